The van der Waals surface area contributed by atoms with Gasteiger partial charge >= 0.3 is 0 Å². The number of aliphatic imine (C=N–C) groups is 1. The van der Waals surface area contributed by atoms with E-state index in [4.69, 9.17) is 5.73 Å². The Morgan fingerprint density at radius 1 is 1.24 bits per heavy atom. The van der Waals surface area contributed by atoms with Gasteiger partial charge in [-0.15, -0.1) is 0 Å². The van der Waals surface area contributed by atoms with Crippen molar-refractivity contribution in [1.82, 2.24) is 10.3 Å². The lowest BCUT2D eigenvalue weighted by Gasteiger charge is -2.17. The van der Waals surface area contributed by atoms with Gasteiger partial charge in [-0.1, -0.05) is 12.1 Å². The monoisotopic (exact) mass is 224 g/mol. The molecule has 1 atom stereocenters. The molecule has 0 spiro atoms. The Morgan fingerprint density at radius 3 is 3.06 bits per heavy atom. The van der Waals surface area contributed by atoms with Crippen LogP contribution in [0.5, 0.6) is 0 Å². The molecule has 2 heterocycles. The number of nitrogens with two attached hydrogens (primary N) is 1. The van der Waals surface area contributed by atoms with E-state index >= 15 is 0 Å². The normalized spacial score (nSPS) is 18.9. The maximum absolute atomic E-state index is 5.76. The lowest BCUT2D eigenvalue weighted by Crippen LogP contribution is -2.39. The number of fused-ring (bicyclic) bond motifs is 1. The van der Waals surface area contributed by atoms with E-state index in [1.807, 2.05) is 24.3 Å². The topological polar surface area (TPSA) is 63.3 Å². The van der Waals surface area contributed by atoms with Gasteiger partial charge in [0.1, 0.15) is 6.17 Å². The summed E-state index contributed by atoms with van der Waals surface area (Å²) >= 11 is 0. The van der Waals surface area contributed by atoms with Crippen molar-refractivity contribution in [2.24, 2.45) is 10.7 Å². The number of benzene rings is 1. The molecule has 3 rings (SSSR count). The molecule has 0 bridgehead atoms. The summed E-state index contributed by atoms with van der Waals surface area (Å²) in [6.45, 7) is 0. The molecular formula is C13H12N4. The van der Waals surface area contributed by atoms with Crippen LogP contribution in [-0.2, 0) is 0 Å². The SMILES string of the molecule is N[C@@H]1C=NC=C(c2ccc3ncccc3c2)N1. The highest BCUT2D eigenvalue weighted by atomic mass is 15.1. The van der Waals surface area contributed by atoms with Crippen LogP contribution < -0.4 is 11.1 Å². The Morgan fingerprint density at radius 2 is 2.18 bits per heavy atom. The van der Waals surface area contributed by atoms with Gasteiger partial charge in [0.25, 0.3) is 0 Å². The van der Waals surface area contributed by atoms with Gasteiger partial charge in [-0.2, -0.15) is 0 Å². The zero-order valence-corrected chi connectivity index (χ0v) is 9.17. The van der Waals surface area contributed by atoms with Crippen LogP contribution in [0, 0.1) is 0 Å². The molecule has 4 heteroatoms. The average molecular weight is 224 g/mol. The first-order valence-corrected chi connectivity index (χ1v) is 5.44. The summed E-state index contributed by atoms with van der Waals surface area (Å²) < 4.78 is 0. The van der Waals surface area contributed by atoms with Crippen LogP contribution in [-0.4, -0.2) is 17.4 Å². The molecule has 1 aliphatic heterocycles. The van der Waals surface area contributed by atoms with E-state index in [0.29, 0.717) is 0 Å². The van der Waals surface area contributed by atoms with Crippen molar-refractivity contribution in [3.63, 3.8) is 0 Å². The zero-order chi connectivity index (χ0) is 11.7. The van der Waals surface area contributed by atoms with Crippen LogP contribution in [0.15, 0.2) is 47.7 Å². The lowest BCUT2D eigenvalue weighted by molar-refractivity contribution is 0.791. The predicted octanol–water partition coefficient (Wildman–Crippen LogP) is 1.49. The van der Waals surface area contributed by atoms with Crippen molar-refractivity contribution in [3.8, 4) is 0 Å². The lowest BCUT2D eigenvalue weighted by atomic mass is 10.1. The third-order valence-corrected chi connectivity index (χ3v) is 2.69. The molecule has 0 amide bonds. The largest absolute Gasteiger partial charge is 0.364 e. The molecule has 84 valence electrons. The van der Waals surface area contributed by atoms with E-state index in [2.05, 4.69) is 21.4 Å². The van der Waals surface area contributed by atoms with Crippen LogP contribution in [0.3, 0.4) is 0 Å². The maximum atomic E-state index is 5.76. The molecule has 4 nitrogen and oxygen atoms in total. The standard InChI is InChI=1S/C13H12N4/c14-13-8-15-7-12(17-13)10-3-4-11-9(6-10)2-1-5-16-11/h1-8,13,17H,14H2/t13-/m0/s1. The second kappa shape index (κ2) is 3.99. The minimum atomic E-state index is -0.223. The van der Waals surface area contributed by atoms with E-state index < -0.39 is 0 Å². The van der Waals surface area contributed by atoms with Gasteiger partial charge in [0.05, 0.1) is 17.4 Å². The molecule has 17 heavy (non-hydrogen) atoms. The average Bonchev–Trinajstić information content (AvgIpc) is 2.38. The van der Waals surface area contributed by atoms with Gasteiger partial charge in [-0.25, -0.2) is 0 Å². The smallest absolute Gasteiger partial charge is 0.111 e. The minimum absolute atomic E-state index is 0.223. The molecule has 0 radical (unpaired) electrons. The molecule has 0 aliphatic carbocycles. The van der Waals surface area contributed by atoms with E-state index in [1.54, 1.807) is 18.6 Å². The number of pyridine rings is 1. The molecule has 0 saturated carbocycles. The Kier molecular flexibility index (Phi) is 2.34. The maximum Gasteiger partial charge on any atom is 0.111 e. The number of hydrogen-bond donors (Lipinski definition) is 2. The van der Waals surface area contributed by atoms with E-state index in [9.17, 15) is 0 Å². The number of nitrogens with one attached hydrogen (secondary N) is 1. The zero-order valence-electron chi connectivity index (χ0n) is 9.17. The molecule has 3 N–H and O–H groups in total. The summed E-state index contributed by atoms with van der Waals surface area (Å²) in [7, 11) is 0. The van der Waals surface area contributed by atoms with Crippen molar-refractivity contribution < 1.29 is 0 Å². The Labute approximate surface area is 98.9 Å². The quantitative estimate of drug-likeness (QED) is 0.771. The first-order valence-electron chi connectivity index (χ1n) is 5.44. The number of nitrogens with zero attached hydrogens (tertiary/aromatic N) is 2. The van der Waals surface area contributed by atoms with E-state index in [1.165, 1.54) is 0 Å². The fraction of sp³-hybridized carbons (Fsp3) is 0.0769. The molecular weight excluding hydrogens is 212 g/mol. The van der Waals surface area contributed by atoms with Gasteiger partial charge in [-0.05, 0) is 23.8 Å². The second-order valence-corrected chi connectivity index (χ2v) is 3.92. The second-order valence-electron chi connectivity index (χ2n) is 3.92. The highest BCUT2D eigenvalue weighted by Gasteiger charge is 2.08. The molecule has 1 aromatic heterocycles. The van der Waals surface area contributed by atoms with Crippen molar-refractivity contribution in [1.29, 1.82) is 0 Å². The summed E-state index contributed by atoms with van der Waals surface area (Å²) in [4.78, 5) is 8.39. The van der Waals surface area contributed by atoms with Gasteiger partial charge in [0.2, 0.25) is 0 Å². The Bertz CT molecular complexity index is 616. The van der Waals surface area contributed by atoms with Crippen LogP contribution in [0.2, 0.25) is 0 Å². The van der Waals surface area contributed by atoms with Gasteiger partial charge < -0.3 is 11.1 Å². The Balaban J connectivity index is 2.06. The molecule has 1 aromatic carbocycles. The fourth-order valence-electron chi connectivity index (χ4n) is 1.87. The van der Waals surface area contributed by atoms with Crippen molar-refractivity contribution in [2.45, 2.75) is 6.17 Å². The van der Waals surface area contributed by atoms with Gasteiger partial charge in [0.15, 0.2) is 0 Å². The van der Waals surface area contributed by atoms with Crippen molar-refractivity contribution in [2.75, 3.05) is 0 Å². The summed E-state index contributed by atoms with van der Waals surface area (Å²) in [6, 6.07) is 10.1. The van der Waals surface area contributed by atoms with E-state index in [0.717, 1.165) is 22.2 Å². The minimum Gasteiger partial charge on any atom is -0.364 e. The van der Waals surface area contributed by atoms with Gasteiger partial charge in [-0.3, -0.25) is 9.98 Å². The van der Waals surface area contributed by atoms with Crippen LogP contribution in [0.4, 0.5) is 0 Å². The molecule has 0 unspecified atom stereocenters. The fourth-order valence-corrected chi connectivity index (χ4v) is 1.87. The Hall–Kier alpha value is -2.20. The first kappa shape index (κ1) is 9.99. The van der Waals surface area contributed by atoms with Crippen LogP contribution in [0.1, 0.15) is 5.56 Å². The molecule has 0 saturated heterocycles. The number of aromatic nitrogens is 1. The highest BCUT2D eigenvalue weighted by molar-refractivity contribution is 5.84. The highest BCUT2D eigenvalue weighted by Crippen LogP contribution is 2.19. The van der Waals surface area contributed by atoms with Crippen LogP contribution in [0.25, 0.3) is 16.6 Å². The van der Waals surface area contributed by atoms with Crippen LogP contribution >= 0.6 is 0 Å². The third kappa shape index (κ3) is 1.90. The predicted molar refractivity (Wildman–Crippen MR) is 69.3 cm³/mol. The molecule has 2 aromatic rings. The summed E-state index contributed by atoms with van der Waals surface area (Å²) in [5.41, 5.74) is 8.75. The summed E-state index contributed by atoms with van der Waals surface area (Å²) in [5.74, 6) is 0. The third-order valence-electron chi connectivity index (χ3n) is 2.69. The first-order chi connectivity index (χ1) is 8.33. The summed E-state index contributed by atoms with van der Waals surface area (Å²) in [5, 5.41) is 4.27. The number of rotatable bonds is 1. The van der Waals surface area contributed by atoms with Gasteiger partial charge in [0, 0.05) is 17.8 Å². The molecule has 0 fully saturated rings. The number of hydrogen-bond acceptors (Lipinski definition) is 4. The van der Waals surface area contributed by atoms with Crippen molar-refractivity contribution in [3.05, 3.63) is 48.3 Å². The van der Waals surface area contributed by atoms with E-state index in [-0.39, 0.29) is 6.17 Å². The summed E-state index contributed by atoms with van der Waals surface area (Å²) in [6.07, 6.45) is 5.02. The van der Waals surface area contributed by atoms with Crippen molar-refractivity contribution >= 4 is 22.8 Å². The molecule has 1 aliphatic rings.